The summed E-state index contributed by atoms with van der Waals surface area (Å²) >= 11 is 3.42. The van der Waals surface area contributed by atoms with Crippen LogP contribution in [0.3, 0.4) is 0 Å². The third kappa shape index (κ3) is 1.66. The van der Waals surface area contributed by atoms with Gasteiger partial charge in [-0.15, -0.1) is 0 Å². The molecule has 64 valence electrons. The van der Waals surface area contributed by atoms with E-state index in [0.29, 0.717) is 5.78 Å². The number of hydrogen-bond donors (Lipinski definition) is 0. The largest absolute Gasteiger partial charge is 0.298 e. The molecular weight excluding hydrogens is 204 g/mol. The van der Waals surface area contributed by atoms with Crippen LogP contribution in [0.15, 0.2) is 0 Å². The maximum Gasteiger partial charge on any atom is 0.152 e. The molecule has 0 bridgehead atoms. The van der Waals surface area contributed by atoms with Crippen molar-refractivity contribution in [3.05, 3.63) is 0 Å². The van der Waals surface area contributed by atoms with Gasteiger partial charge in [0.2, 0.25) is 0 Å². The van der Waals surface area contributed by atoms with Crippen LogP contribution in [0.1, 0.15) is 39.5 Å². The monoisotopic (exact) mass is 218 g/mol. The number of rotatable bonds is 1. The van der Waals surface area contributed by atoms with E-state index in [9.17, 15) is 4.79 Å². The first kappa shape index (κ1) is 9.24. The molecule has 0 aromatic carbocycles. The van der Waals surface area contributed by atoms with Gasteiger partial charge < -0.3 is 0 Å². The second-order valence-electron chi connectivity index (χ2n) is 3.64. The molecule has 2 atom stereocenters. The van der Waals surface area contributed by atoms with Crippen LogP contribution in [0.5, 0.6) is 0 Å². The van der Waals surface area contributed by atoms with E-state index in [1.807, 2.05) is 0 Å². The smallest absolute Gasteiger partial charge is 0.152 e. The van der Waals surface area contributed by atoms with E-state index < -0.39 is 0 Å². The Morgan fingerprint density at radius 1 is 1.73 bits per heavy atom. The van der Waals surface area contributed by atoms with Gasteiger partial charge in [-0.25, -0.2) is 0 Å². The summed E-state index contributed by atoms with van der Waals surface area (Å²) in [5.74, 6) is 0.409. The van der Waals surface area contributed by atoms with E-state index in [0.717, 1.165) is 19.3 Å². The van der Waals surface area contributed by atoms with Crippen LogP contribution in [0.2, 0.25) is 0 Å². The van der Waals surface area contributed by atoms with Crippen molar-refractivity contribution in [1.82, 2.24) is 0 Å². The highest BCUT2D eigenvalue weighted by atomic mass is 79.9. The fraction of sp³-hybridized carbons (Fsp3) is 0.889. The molecule has 0 radical (unpaired) electrons. The standard InChI is InChI=1S/C9H15BrO/c1-3-9(2)6-4-5-7(10)8(9)11/h7H,3-6H2,1-2H3. The number of Topliss-reactive ketones (excluding diaryl/α,β-unsaturated/α-hetero) is 1. The van der Waals surface area contributed by atoms with Crippen molar-refractivity contribution in [3.8, 4) is 0 Å². The molecule has 2 heteroatoms. The van der Waals surface area contributed by atoms with Crippen LogP contribution in [0.4, 0.5) is 0 Å². The van der Waals surface area contributed by atoms with Crippen LogP contribution < -0.4 is 0 Å². The molecule has 0 saturated heterocycles. The van der Waals surface area contributed by atoms with Gasteiger partial charge in [-0.1, -0.05) is 36.2 Å². The van der Waals surface area contributed by atoms with Gasteiger partial charge in [0.15, 0.2) is 5.78 Å². The van der Waals surface area contributed by atoms with Gasteiger partial charge in [-0.05, 0) is 19.3 Å². The van der Waals surface area contributed by atoms with Crippen LogP contribution in [-0.4, -0.2) is 10.6 Å². The number of alkyl halides is 1. The molecule has 0 heterocycles. The zero-order valence-corrected chi connectivity index (χ0v) is 8.78. The molecule has 1 aliphatic carbocycles. The summed E-state index contributed by atoms with van der Waals surface area (Å²) in [7, 11) is 0. The van der Waals surface area contributed by atoms with Crippen molar-refractivity contribution in [2.24, 2.45) is 5.41 Å². The highest BCUT2D eigenvalue weighted by molar-refractivity contribution is 9.10. The Morgan fingerprint density at radius 3 is 2.82 bits per heavy atom. The average molecular weight is 219 g/mol. The normalized spacial score (nSPS) is 39.2. The van der Waals surface area contributed by atoms with Crippen LogP contribution in [0, 0.1) is 5.41 Å². The van der Waals surface area contributed by atoms with E-state index in [1.165, 1.54) is 6.42 Å². The molecule has 0 aromatic rings. The molecule has 1 nitrogen and oxygen atoms in total. The molecule has 1 aliphatic rings. The third-order valence-electron chi connectivity index (χ3n) is 2.85. The van der Waals surface area contributed by atoms with E-state index in [2.05, 4.69) is 29.8 Å². The van der Waals surface area contributed by atoms with E-state index in [-0.39, 0.29) is 10.2 Å². The Labute approximate surface area is 76.7 Å². The summed E-state index contributed by atoms with van der Waals surface area (Å²) < 4.78 is 0. The topological polar surface area (TPSA) is 17.1 Å². The first-order chi connectivity index (χ1) is 5.10. The van der Waals surface area contributed by atoms with Crippen molar-refractivity contribution in [2.45, 2.75) is 44.4 Å². The molecule has 2 unspecified atom stereocenters. The molecule has 1 rings (SSSR count). The SMILES string of the molecule is CCC1(C)CCCC(Br)C1=O. The first-order valence-electron chi connectivity index (χ1n) is 4.28. The molecule has 1 fully saturated rings. The zero-order chi connectivity index (χ0) is 8.48. The number of halogens is 1. The van der Waals surface area contributed by atoms with Gasteiger partial charge in [0, 0.05) is 5.41 Å². The summed E-state index contributed by atoms with van der Waals surface area (Å²) in [4.78, 5) is 11.8. The highest BCUT2D eigenvalue weighted by Crippen LogP contribution is 2.38. The second kappa shape index (κ2) is 3.26. The van der Waals surface area contributed by atoms with Gasteiger partial charge >= 0.3 is 0 Å². The van der Waals surface area contributed by atoms with Crippen molar-refractivity contribution < 1.29 is 4.79 Å². The number of carbonyl (C=O) groups excluding carboxylic acids is 1. The van der Waals surface area contributed by atoms with E-state index in [1.54, 1.807) is 0 Å². The molecular formula is C9H15BrO. The molecule has 11 heavy (non-hydrogen) atoms. The summed E-state index contributed by atoms with van der Waals surface area (Å²) in [5, 5.41) is 0. The summed E-state index contributed by atoms with van der Waals surface area (Å²) in [6.07, 6.45) is 4.26. The maximum atomic E-state index is 11.6. The Bertz CT molecular complexity index is 167. The third-order valence-corrected chi connectivity index (χ3v) is 3.72. The molecule has 1 saturated carbocycles. The van der Waals surface area contributed by atoms with Crippen molar-refractivity contribution in [3.63, 3.8) is 0 Å². The lowest BCUT2D eigenvalue weighted by molar-refractivity contribution is -0.129. The van der Waals surface area contributed by atoms with Crippen LogP contribution >= 0.6 is 15.9 Å². The minimum atomic E-state index is -0.0353. The minimum absolute atomic E-state index is 0.0353. The van der Waals surface area contributed by atoms with Gasteiger partial charge in [-0.3, -0.25) is 4.79 Å². The lowest BCUT2D eigenvalue weighted by Crippen LogP contribution is -2.37. The summed E-state index contributed by atoms with van der Waals surface area (Å²) in [5.41, 5.74) is -0.0353. The second-order valence-corrected chi connectivity index (χ2v) is 4.74. The molecule has 0 aliphatic heterocycles. The fourth-order valence-corrected chi connectivity index (χ4v) is 2.53. The fourth-order valence-electron chi connectivity index (χ4n) is 1.65. The van der Waals surface area contributed by atoms with Crippen LogP contribution in [0.25, 0.3) is 0 Å². The Hall–Kier alpha value is 0.150. The highest BCUT2D eigenvalue weighted by Gasteiger charge is 2.38. The maximum absolute atomic E-state index is 11.6. The lowest BCUT2D eigenvalue weighted by atomic mass is 9.73. The Morgan fingerprint density at radius 2 is 2.36 bits per heavy atom. The number of hydrogen-bond acceptors (Lipinski definition) is 1. The zero-order valence-electron chi connectivity index (χ0n) is 7.19. The molecule has 0 spiro atoms. The predicted octanol–water partition coefficient (Wildman–Crippen LogP) is 2.92. The lowest BCUT2D eigenvalue weighted by Gasteiger charge is -2.33. The number of carbonyl (C=O) groups is 1. The van der Waals surface area contributed by atoms with Crippen molar-refractivity contribution >= 4 is 21.7 Å². The van der Waals surface area contributed by atoms with Crippen molar-refractivity contribution in [1.29, 1.82) is 0 Å². The van der Waals surface area contributed by atoms with E-state index >= 15 is 0 Å². The Kier molecular flexibility index (Phi) is 2.74. The van der Waals surface area contributed by atoms with Gasteiger partial charge in [0.1, 0.15) is 0 Å². The molecule has 0 aromatic heterocycles. The van der Waals surface area contributed by atoms with Gasteiger partial charge in [0.05, 0.1) is 4.83 Å². The average Bonchev–Trinajstić information content (AvgIpc) is 2.00. The predicted molar refractivity (Wildman–Crippen MR) is 50.0 cm³/mol. The Balaban J connectivity index is 2.72. The first-order valence-corrected chi connectivity index (χ1v) is 5.20. The quantitative estimate of drug-likeness (QED) is 0.619. The summed E-state index contributed by atoms with van der Waals surface area (Å²) in [6.45, 7) is 4.19. The van der Waals surface area contributed by atoms with Gasteiger partial charge in [0.25, 0.3) is 0 Å². The minimum Gasteiger partial charge on any atom is -0.298 e. The van der Waals surface area contributed by atoms with Crippen LogP contribution in [-0.2, 0) is 4.79 Å². The summed E-state index contributed by atoms with van der Waals surface area (Å²) in [6, 6.07) is 0. The van der Waals surface area contributed by atoms with E-state index in [4.69, 9.17) is 0 Å². The van der Waals surface area contributed by atoms with Gasteiger partial charge in [-0.2, -0.15) is 0 Å². The van der Waals surface area contributed by atoms with Crippen molar-refractivity contribution in [2.75, 3.05) is 0 Å². The molecule has 0 N–H and O–H groups in total. The molecule has 0 amide bonds. The number of ketones is 1.